The zero-order valence-electron chi connectivity index (χ0n) is 19.2. The number of benzene rings is 2. The largest absolute Gasteiger partial charge is 0.508 e. The highest BCUT2D eigenvalue weighted by molar-refractivity contribution is 6.04. The number of nitrogens with one attached hydrogen (secondary N) is 1. The fourth-order valence-corrected chi connectivity index (χ4v) is 4.63. The minimum absolute atomic E-state index is 0.00676. The summed E-state index contributed by atoms with van der Waals surface area (Å²) in [6.07, 6.45) is 1.10. The van der Waals surface area contributed by atoms with Gasteiger partial charge in [0.25, 0.3) is 0 Å². The summed E-state index contributed by atoms with van der Waals surface area (Å²) >= 11 is 0. The molecule has 0 spiro atoms. The second-order valence-corrected chi connectivity index (χ2v) is 9.32. The van der Waals surface area contributed by atoms with E-state index >= 15 is 0 Å². The Morgan fingerprint density at radius 2 is 1.85 bits per heavy atom. The van der Waals surface area contributed by atoms with Crippen LogP contribution >= 0.6 is 0 Å². The predicted molar refractivity (Wildman–Crippen MR) is 125 cm³/mol. The molecule has 2 aromatic carbocycles. The number of allylic oxidation sites excluding steroid dienone is 3. The van der Waals surface area contributed by atoms with Crippen molar-refractivity contribution in [2.24, 2.45) is 5.41 Å². The van der Waals surface area contributed by atoms with Crippen molar-refractivity contribution in [3.05, 3.63) is 82.7 Å². The first-order valence-electron chi connectivity index (χ1n) is 11.1. The molecular formula is C27H29NO5. The number of ketones is 1. The van der Waals surface area contributed by atoms with Crippen LogP contribution in [0.15, 0.2) is 77.1 Å². The number of aromatic hydroxyl groups is 1. The van der Waals surface area contributed by atoms with Crippen LogP contribution in [-0.2, 0) is 14.3 Å². The average Bonchev–Trinajstić information content (AvgIpc) is 2.75. The Balaban J connectivity index is 1.60. The van der Waals surface area contributed by atoms with Crippen LogP contribution in [0.5, 0.6) is 11.5 Å². The summed E-state index contributed by atoms with van der Waals surface area (Å²) in [4.78, 5) is 26.5. The molecule has 0 unspecified atom stereocenters. The van der Waals surface area contributed by atoms with Gasteiger partial charge in [0.05, 0.1) is 5.57 Å². The Kier molecular flexibility index (Phi) is 6.27. The molecule has 0 amide bonds. The molecule has 1 aliphatic heterocycles. The van der Waals surface area contributed by atoms with Gasteiger partial charge in [0.15, 0.2) is 5.78 Å². The van der Waals surface area contributed by atoms with Gasteiger partial charge in [0, 0.05) is 29.3 Å². The van der Waals surface area contributed by atoms with E-state index in [4.69, 9.17) is 9.47 Å². The van der Waals surface area contributed by atoms with E-state index in [1.165, 1.54) is 0 Å². The van der Waals surface area contributed by atoms with Crippen molar-refractivity contribution in [3.63, 3.8) is 0 Å². The van der Waals surface area contributed by atoms with Crippen LogP contribution in [0, 0.1) is 5.41 Å². The summed E-state index contributed by atoms with van der Waals surface area (Å²) in [5.74, 6) is -0.314. The Bertz CT molecular complexity index is 1130. The van der Waals surface area contributed by atoms with Crippen molar-refractivity contribution in [3.8, 4) is 11.5 Å². The molecule has 0 saturated carbocycles. The van der Waals surface area contributed by atoms with E-state index in [0.717, 1.165) is 5.70 Å². The van der Waals surface area contributed by atoms with Crippen LogP contribution in [0.1, 0.15) is 45.1 Å². The molecule has 6 heteroatoms. The number of Topliss-reactive ketones (excluding diaryl/α,β-unsaturated/α-hetero) is 1. The fraction of sp³-hybridized carbons (Fsp3) is 0.333. The van der Waals surface area contributed by atoms with E-state index in [-0.39, 0.29) is 30.2 Å². The average molecular weight is 448 g/mol. The van der Waals surface area contributed by atoms with E-state index in [1.54, 1.807) is 18.2 Å². The third kappa shape index (κ3) is 4.95. The summed E-state index contributed by atoms with van der Waals surface area (Å²) in [5.41, 5.74) is 2.97. The molecule has 0 fully saturated rings. The molecule has 0 aromatic heterocycles. The van der Waals surface area contributed by atoms with Crippen molar-refractivity contribution in [2.45, 2.75) is 39.5 Å². The lowest BCUT2D eigenvalue weighted by atomic mass is 9.68. The third-order valence-electron chi connectivity index (χ3n) is 5.99. The van der Waals surface area contributed by atoms with Crippen molar-refractivity contribution in [2.75, 3.05) is 13.2 Å². The normalized spacial score (nSPS) is 19.6. The van der Waals surface area contributed by atoms with Crippen molar-refractivity contribution in [1.82, 2.24) is 5.32 Å². The smallest absolute Gasteiger partial charge is 0.336 e. The van der Waals surface area contributed by atoms with E-state index < -0.39 is 11.9 Å². The monoisotopic (exact) mass is 447 g/mol. The maximum Gasteiger partial charge on any atom is 0.336 e. The Hall–Kier alpha value is -3.54. The lowest BCUT2D eigenvalue weighted by molar-refractivity contribution is -0.140. The summed E-state index contributed by atoms with van der Waals surface area (Å²) in [6, 6.07) is 16.0. The topological polar surface area (TPSA) is 84.9 Å². The van der Waals surface area contributed by atoms with Gasteiger partial charge in [-0.25, -0.2) is 4.79 Å². The molecule has 0 radical (unpaired) electrons. The minimum Gasteiger partial charge on any atom is -0.508 e. The van der Waals surface area contributed by atoms with Crippen LogP contribution in [-0.4, -0.2) is 30.1 Å². The maximum atomic E-state index is 13.2. The van der Waals surface area contributed by atoms with Gasteiger partial charge in [-0.2, -0.15) is 0 Å². The molecule has 2 N–H and O–H groups in total. The zero-order chi connectivity index (χ0) is 23.6. The first kappa shape index (κ1) is 22.6. The highest BCUT2D eigenvalue weighted by Crippen LogP contribution is 2.47. The van der Waals surface area contributed by atoms with Crippen LogP contribution < -0.4 is 10.1 Å². The highest BCUT2D eigenvalue weighted by Gasteiger charge is 2.43. The molecule has 1 atom stereocenters. The molecule has 2 aromatic rings. The zero-order valence-corrected chi connectivity index (χ0v) is 19.2. The number of phenolic OH excluding ortho intramolecular Hbond substituents is 1. The minimum atomic E-state index is -0.598. The molecular weight excluding hydrogens is 418 g/mol. The summed E-state index contributed by atoms with van der Waals surface area (Å²) < 4.78 is 11.2. The number of carbonyl (C=O) groups is 2. The number of esters is 1. The van der Waals surface area contributed by atoms with Gasteiger partial charge in [-0.05, 0) is 48.6 Å². The number of hydrogen-bond donors (Lipinski definition) is 2. The number of para-hydroxylation sites is 1. The molecule has 0 saturated heterocycles. The van der Waals surface area contributed by atoms with E-state index in [1.807, 2.05) is 43.3 Å². The SMILES string of the molecule is CC1=C(C(=O)OCCOc2ccccc2)[C@H](c2cccc(O)c2)C2=C(CC(C)(C)CC2=O)N1. The van der Waals surface area contributed by atoms with E-state index in [2.05, 4.69) is 19.2 Å². The lowest BCUT2D eigenvalue weighted by Crippen LogP contribution is -2.38. The quantitative estimate of drug-likeness (QED) is 0.497. The highest BCUT2D eigenvalue weighted by atomic mass is 16.6. The van der Waals surface area contributed by atoms with Gasteiger partial charge in [0.2, 0.25) is 0 Å². The lowest BCUT2D eigenvalue weighted by Gasteiger charge is -2.39. The van der Waals surface area contributed by atoms with E-state index in [9.17, 15) is 14.7 Å². The Morgan fingerprint density at radius 1 is 1.09 bits per heavy atom. The summed E-state index contributed by atoms with van der Waals surface area (Å²) in [5, 5.41) is 13.4. The first-order valence-corrected chi connectivity index (χ1v) is 11.1. The molecule has 1 heterocycles. The molecule has 1 aliphatic carbocycles. The van der Waals surface area contributed by atoms with Crippen LogP contribution in [0.3, 0.4) is 0 Å². The van der Waals surface area contributed by atoms with Crippen LogP contribution in [0.25, 0.3) is 0 Å². The molecule has 172 valence electrons. The third-order valence-corrected chi connectivity index (χ3v) is 5.99. The summed E-state index contributed by atoms with van der Waals surface area (Å²) in [6.45, 7) is 6.24. The molecule has 4 rings (SSSR count). The van der Waals surface area contributed by atoms with Crippen LogP contribution in [0.4, 0.5) is 0 Å². The molecule has 33 heavy (non-hydrogen) atoms. The van der Waals surface area contributed by atoms with Crippen LogP contribution in [0.2, 0.25) is 0 Å². The standard InChI is InChI=1S/C27H29NO5/c1-17-23(26(31)33-13-12-32-20-10-5-4-6-11-20)24(18-8-7-9-19(29)14-18)25-21(28-17)15-27(2,3)16-22(25)30/h4-11,14,24,28-29H,12-13,15-16H2,1-3H3/t24-/m0/s1. The first-order chi connectivity index (χ1) is 15.7. The summed E-state index contributed by atoms with van der Waals surface area (Å²) in [7, 11) is 0. The number of phenols is 1. The number of dihydropyridines is 1. The van der Waals surface area contributed by atoms with Gasteiger partial charge >= 0.3 is 5.97 Å². The molecule has 2 aliphatic rings. The molecule has 0 bridgehead atoms. The van der Waals surface area contributed by atoms with Crippen molar-refractivity contribution >= 4 is 11.8 Å². The fourth-order valence-electron chi connectivity index (χ4n) is 4.63. The second-order valence-electron chi connectivity index (χ2n) is 9.32. The van der Waals surface area contributed by atoms with Gasteiger partial charge in [-0.3, -0.25) is 4.79 Å². The van der Waals surface area contributed by atoms with Crippen molar-refractivity contribution in [1.29, 1.82) is 0 Å². The molecule has 6 nitrogen and oxygen atoms in total. The van der Waals surface area contributed by atoms with Gasteiger partial charge in [-0.1, -0.05) is 44.2 Å². The number of hydrogen-bond acceptors (Lipinski definition) is 6. The second kappa shape index (κ2) is 9.14. The van der Waals surface area contributed by atoms with Gasteiger partial charge in [-0.15, -0.1) is 0 Å². The van der Waals surface area contributed by atoms with Crippen molar-refractivity contribution < 1.29 is 24.2 Å². The van der Waals surface area contributed by atoms with Gasteiger partial charge in [0.1, 0.15) is 24.7 Å². The van der Waals surface area contributed by atoms with E-state index in [0.29, 0.717) is 41.0 Å². The number of rotatable bonds is 6. The Labute approximate surface area is 193 Å². The number of ether oxygens (including phenoxy) is 2. The predicted octanol–water partition coefficient (Wildman–Crippen LogP) is 4.62. The Morgan fingerprint density at radius 3 is 2.58 bits per heavy atom. The maximum absolute atomic E-state index is 13.2. The number of carbonyl (C=O) groups excluding carboxylic acids is 2. The van der Waals surface area contributed by atoms with Gasteiger partial charge < -0.3 is 19.9 Å².